The molecule has 1 heterocycles. The maximum absolute atomic E-state index is 12.8. The lowest BCUT2D eigenvalue weighted by Crippen LogP contribution is -2.31. The third-order valence-corrected chi connectivity index (χ3v) is 5.94. The van der Waals surface area contributed by atoms with E-state index < -0.39 is 18.1 Å². The first kappa shape index (κ1) is 27.0. The van der Waals surface area contributed by atoms with E-state index in [0.29, 0.717) is 36.8 Å². The molecule has 0 saturated carbocycles. The van der Waals surface area contributed by atoms with E-state index in [2.05, 4.69) is 5.32 Å². The highest BCUT2D eigenvalue weighted by atomic mass is 16.6. The van der Waals surface area contributed by atoms with Crippen molar-refractivity contribution in [2.45, 2.75) is 65.1 Å². The minimum absolute atomic E-state index is 0.0199. The number of rotatable bonds is 2. The van der Waals surface area contributed by atoms with E-state index in [-0.39, 0.29) is 29.3 Å². The summed E-state index contributed by atoms with van der Waals surface area (Å²) in [7, 11) is 1.64. The molecule has 0 radical (unpaired) electrons. The number of nitrogens with two attached hydrogens (primary N) is 1. The molecule has 2 rings (SSSR count). The van der Waals surface area contributed by atoms with Gasteiger partial charge in [0, 0.05) is 30.2 Å². The fraction of sp³-hybridized carbons (Fsp3) is 0.462. The van der Waals surface area contributed by atoms with Crippen LogP contribution in [0, 0.1) is 5.92 Å². The number of fused-ring (bicyclic) bond motifs is 2. The molecule has 34 heavy (non-hydrogen) atoms. The smallest absolute Gasteiger partial charge is 0.405 e. The molecule has 0 aromatic rings. The molecule has 3 N–H and O–H groups in total. The summed E-state index contributed by atoms with van der Waals surface area (Å²) in [5, 5.41) is 2.55. The number of Topliss-reactive ketones (excluding diaryl/α,β-unsaturated/α-hetero) is 1. The Kier molecular flexibility index (Phi) is 10.2. The van der Waals surface area contributed by atoms with Gasteiger partial charge in [-0.15, -0.1) is 0 Å². The molecule has 8 nitrogen and oxygen atoms in total. The predicted octanol–water partition coefficient (Wildman–Crippen LogP) is 3.59. The molecule has 0 unspecified atom stereocenters. The number of ether oxygens (including phenoxy) is 2. The molecule has 0 aromatic carbocycles. The van der Waals surface area contributed by atoms with Gasteiger partial charge >= 0.3 is 6.09 Å². The average Bonchev–Trinajstić information content (AvgIpc) is 2.78. The van der Waals surface area contributed by atoms with E-state index in [1.807, 2.05) is 26.0 Å². The number of nitrogens with one attached hydrogen (secondary N) is 1. The fourth-order valence-corrected chi connectivity index (χ4v) is 3.96. The number of methoxy groups -OCH3 is 1. The Morgan fingerprint density at radius 3 is 2.56 bits per heavy atom. The van der Waals surface area contributed by atoms with Gasteiger partial charge in [0.2, 0.25) is 5.78 Å². The van der Waals surface area contributed by atoms with Crippen molar-refractivity contribution in [3.63, 3.8) is 0 Å². The Balaban J connectivity index is 2.34. The van der Waals surface area contributed by atoms with Crippen LogP contribution in [-0.2, 0) is 23.9 Å². The summed E-state index contributed by atoms with van der Waals surface area (Å²) in [6.45, 7) is 5.38. The quantitative estimate of drug-likeness (QED) is 0.469. The van der Waals surface area contributed by atoms with E-state index in [4.69, 9.17) is 15.2 Å². The highest BCUT2D eigenvalue weighted by Crippen LogP contribution is 2.22. The number of carbonyl (C=O) groups is 4. The van der Waals surface area contributed by atoms with Crippen LogP contribution in [0.25, 0.3) is 0 Å². The summed E-state index contributed by atoms with van der Waals surface area (Å²) in [5.74, 6) is -1.36. The van der Waals surface area contributed by atoms with E-state index in [0.717, 1.165) is 18.1 Å². The third kappa shape index (κ3) is 7.95. The number of allylic oxidation sites excluding steroid dienone is 6. The molecule has 2 bridgehead atoms. The van der Waals surface area contributed by atoms with Crippen LogP contribution in [0.2, 0.25) is 0 Å². The Morgan fingerprint density at radius 2 is 1.88 bits per heavy atom. The van der Waals surface area contributed by atoms with Crippen LogP contribution < -0.4 is 11.1 Å². The van der Waals surface area contributed by atoms with Crippen LogP contribution in [0.4, 0.5) is 4.79 Å². The van der Waals surface area contributed by atoms with Crippen molar-refractivity contribution >= 4 is 23.6 Å². The zero-order valence-electron chi connectivity index (χ0n) is 20.3. The minimum atomic E-state index is -0.856. The summed E-state index contributed by atoms with van der Waals surface area (Å²) in [5.41, 5.74) is 6.87. The van der Waals surface area contributed by atoms with Crippen molar-refractivity contribution in [1.82, 2.24) is 5.32 Å². The molecule has 0 saturated heterocycles. The summed E-state index contributed by atoms with van der Waals surface area (Å²) < 4.78 is 10.9. The molecular weight excluding hydrogens is 436 g/mol. The van der Waals surface area contributed by atoms with Crippen molar-refractivity contribution in [1.29, 1.82) is 0 Å². The van der Waals surface area contributed by atoms with E-state index >= 15 is 0 Å². The number of ketones is 2. The highest BCUT2D eigenvalue weighted by molar-refractivity contribution is 6.21. The Bertz CT molecular complexity index is 970. The topological polar surface area (TPSA) is 125 Å². The summed E-state index contributed by atoms with van der Waals surface area (Å²) >= 11 is 0. The molecule has 2 aliphatic rings. The van der Waals surface area contributed by atoms with Crippen LogP contribution in [-0.4, -0.2) is 42.9 Å². The Morgan fingerprint density at radius 1 is 1.15 bits per heavy atom. The first-order valence-corrected chi connectivity index (χ1v) is 11.4. The van der Waals surface area contributed by atoms with Crippen LogP contribution in [0.15, 0.2) is 58.9 Å². The summed E-state index contributed by atoms with van der Waals surface area (Å²) in [6, 6.07) is 0. The lowest BCUT2D eigenvalue weighted by atomic mass is 9.94. The number of carbonyl (C=O) groups excluding carboxylic acids is 4. The zero-order chi connectivity index (χ0) is 25.3. The average molecular weight is 471 g/mol. The largest absolute Gasteiger partial charge is 0.441 e. The van der Waals surface area contributed by atoms with Crippen LogP contribution in [0.1, 0.15) is 52.9 Å². The standard InChI is InChI=1S/C26H34N2O6/c1-16-8-5-10-18(3)25(31)28-22-15-20(29)14-19(23(22)30)11-7-13-21(33-4)12-6-9-17(2)24(16)34-26(27)32/h5,8-10,14-16,21,24H,6-7,11-13H2,1-4H3,(H2,27,32)(H,28,31)/b8-5-,17-9+,18-10+/t16-,21+,24+/m0/s1. The second-order valence-corrected chi connectivity index (χ2v) is 8.64. The van der Waals surface area contributed by atoms with E-state index in [9.17, 15) is 19.2 Å². The van der Waals surface area contributed by atoms with Crippen LogP contribution >= 0.6 is 0 Å². The van der Waals surface area contributed by atoms with Gasteiger partial charge < -0.3 is 20.5 Å². The normalized spacial score (nSPS) is 29.5. The van der Waals surface area contributed by atoms with E-state index in [1.165, 1.54) is 6.08 Å². The zero-order valence-corrected chi connectivity index (χ0v) is 20.3. The molecule has 8 heteroatoms. The molecule has 2 amide bonds. The minimum Gasteiger partial charge on any atom is -0.441 e. The second-order valence-electron chi connectivity index (χ2n) is 8.64. The van der Waals surface area contributed by atoms with Gasteiger partial charge in [-0.25, -0.2) is 4.79 Å². The highest BCUT2D eigenvalue weighted by Gasteiger charge is 2.24. The molecule has 0 aromatic heterocycles. The first-order valence-electron chi connectivity index (χ1n) is 11.4. The Labute approximate surface area is 200 Å². The summed E-state index contributed by atoms with van der Waals surface area (Å²) in [6.07, 6.45) is 11.4. The van der Waals surface area contributed by atoms with Crippen molar-refractivity contribution in [2.75, 3.05) is 7.11 Å². The van der Waals surface area contributed by atoms with Crippen molar-refractivity contribution < 1.29 is 28.7 Å². The van der Waals surface area contributed by atoms with E-state index in [1.54, 1.807) is 26.2 Å². The first-order chi connectivity index (χ1) is 16.1. The predicted molar refractivity (Wildman–Crippen MR) is 128 cm³/mol. The van der Waals surface area contributed by atoms with Gasteiger partial charge in [-0.3, -0.25) is 14.4 Å². The molecule has 1 aliphatic heterocycles. The van der Waals surface area contributed by atoms with Gasteiger partial charge in [-0.05, 0) is 57.6 Å². The monoisotopic (exact) mass is 470 g/mol. The lowest BCUT2D eigenvalue weighted by molar-refractivity contribution is -0.120. The van der Waals surface area contributed by atoms with Gasteiger partial charge in [-0.2, -0.15) is 0 Å². The second kappa shape index (κ2) is 12.8. The van der Waals surface area contributed by atoms with Crippen molar-refractivity contribution in [3.05, 3.63) is 58.9 Å². The molecule has 1 aliphatic carbocycles. The maximum Gasteiger partial charge on any atom is 0.405 e. The lowest BCUT2D eigenvalue weighted by Gasteiger charge is -2.22. The number of hydrogen-bond acceptors (Lipinski definition) is 6. The summed E-state index contributed by atoms with van der Waals surface area (Å²) in [4.78, 5) is 48.9. The third-order valence-electron chi connectivity index (χ3n) is 5.94. The fourth-order valence-electron chi connectivity index (χ4n) is 3.96. The van der Waals surface area contributed by atoms with Gasteiger partial charge in [0.25, 0.3) is 5.91 Å². The molecule has 0 spiro atoms. The van der Waals surface area contributed by atoms with Crippen LogP contribution in [0.3, 0.4) is 0 Å². The van der Waals surface area contributed by atoms with Crippen molar-refractivity contribution in [2.24, 2.45) is 11.7 Å². The van der Waals surface area contributed by atoms with Gasteiger partial charge in [0.1, 0.15) is 6.10 Å². The number of hydrogen-bond donors (Lipinski definition) is 2. The molecule has 3 atom stereocenters. The molecule has 0 fully saturated rings. The number of primary amides is 1. The number of amides is 2. The van der Waals surface area contributed by atoms with Gasteiger partial charge in [0.05, 0.1) is 11.8 Å². The SMILES string of the molecule is CO[C@@H]1CC/C=C(\C)[C@H](OC(N)=O)[C@@H](C)/C=C\C=C(/C)C(=O)NC2=CC(=O)C=C(CCC1)C2=O. The van der Waals surface area contributed by atoms with Crippen LogP contribution in [0.5, 0.6) is 0 Å². The van der Waals surface area contributed by atoms with Crippen molar-refractivity contribution in [3.8, 4) is 0 Å². The molecular formula is C26H34N2O6. The maximum atomic E-state index is 12.8. The van der Waals surface area contributed by atoms with Gasteiger partial charge in [-0.1, -0.05) is 31.2 Å². The Hall–Kier alpha value is -3.26. The molecule has 184 valence electrons. The van der Waals surface area contributed by atoms with Gasteiger partial charge in [0.15, 0.2) is 5.78 Å².